The fourth-order valence-electron chi connectivity index (χ4n) is 0.716. The lowest BCUT2D eigenvalue weighted by molar-refractivity contribution is 0.437. The van der Waals surface area contributed by atoms with E-state index in [1.54, 1.807) is 7.05 Å². The summed E-state index contributed by atoms with van der Waals surface area (Å²) in [5.74, 6) is -0.508. The fraction of sp³-hybridized carbons (Fsp3) is 0.333. The monoisotopic (exact) mass is 131 g/mol. The van der Waals surface area contributed by atoms with E-state index in [1.807, 2.05) is 0 Å². The molecule has 0 heterocycles. The minimum Gasteiger partial charge on any atom is -0.389 e. The predicted octanol–water partition coefficient (Wildman–Crippen LogP) is 1.29. The minimum absolute atomic E-state index is 0.285. The topological polar surface area (TPSA) is 12.0 Å². The molecule has 1 atom stereocenters. The molecule has 0 saturated heterocycles. The molecule has 1 rings (SSSR count). The lowest BCUT2D eigenvalue weighted by atomic mass is 10.3. The van der Waals surface area contributed by atoms with Crippen molar-refractivity contribution in [1.29, 1.82) is 0 Å². The Balaban J connectivity index is 2.70. The zero-order valence-corrected chi connectivity index (χ0v) is 4.99. The van der Waals surface area contributed by atoms with E-state index in [1.165, 1.54) is 0 Å². The van der Waals surface area contributed by atoms with Crippen LogP contribution < -0.4 is 5.32 Å². The Labute approximate surface area is 52.1 Å². The van der Waals surface area contributed by atoms with Crippen molar-refractivity contribution >= 4 is 0 Å². The molecule has 1 aliphatic carbocycles. The molecule has 0 spiro atoms. The summed E-state index contributed by atoms with van der Waals surface area (Å²) in [5, 5.41) is 2.54. The molecular weight excluding hydrogens is 124 g/mol. The van der Waals surface area contributed by atoms with Crippen LogP contribution in [0.3, 0.4) is 0 Å². The van der Waals surface area contributed by atoms with Crippen molar-refractivity contribution < 1.29 is 8.78 Å². The lowest BCUT2D eigenvalue weighted by Gasteiger charge is -2.00. The second kappa shape index (κ2) is 2.17. The van der Waals surface area contributed by atoms with Crippen LogP contribution in [0.2, 0.25) is 0 Å². The molecule has 0 aromatic rings. The smallest absolute Gasteiger partial charge is 0.161 e. The maximum atomic E-state index is 12.4. The summed E-state index contributed by atoms with van der Waals surface area (Å²) in [6.45, 7) is 0. The van der Waals surface area contributed by atoms with Crippen LogP contribution in [-0.4, -0.2) is 13.2 Å². The van der Waals surface area contributed by atoms with Crippen molar-refractivity contribution in [2.75, 3.05) is 7.05 Å². The van der Waals surface area contributed by atoms with E-state index in [0.29, 0.717) is 0 Å². The van der Waals surface area contributed by atoms with Crippen LogP contribution in [-0.2, 0) is 0 Å². The highest BCUT2D eigenvalue weighted by atomic mass is 19.1. The molecular formula is C6H7F2N. The van der Waals surface area contributed by atoms with Crippen molar-refractivity contribution in [2.24, 2.45) is 0 Å². The highest BCUT2D eigenvalue weighted by Gasteiger charge is 2.15. The average molecular weight is 131 g/mol. The number of halogens is 2. The Morgan fingerprint density at radius 2 is 2.33 bits per heavy atom. The molecule has 0 amide bonds. The van der Waals surface area contributed by atoms with Crippen LogP contribution in [0.25, 0.3) is 0 Å². The number of rotatable bonds is 1. The SMILES string of the molecule is CNC1=CC(F)=CC1F. The summed E-state index contributed by atoms with van der Waals surface area (Å²) in [5.41, 5.74) is 0.285. The van der Waals surface area contributed by atoms with Gasteiger partial charge in [-0.1, -0.05) is 0 Å². The Morgan fingerprint density at radius 1 is 1.67 bits per heavy atom. The molecule has 9 heavy (non-hydrogen) atoms. The van der Waals surface area contributed by atoms with E-state index in [-0.39, 0.29) is 5.70 Å². The summed E-state index contributed by atoms with van der Waals surface area (Å²) in [6, 6.07) is 0. The maximum absolute atomic E-state index is 12.4. The van der Waals surface area contributed by atoms with E-state index < -0.39 is 12.0 Å². The predicted molar refractivity (Wildman–Crippen MR) is 31.2 cm³/mol. The Kier molecular flexibility index (Phi) is 1.51. The van der Waals surface area contributed by atoms with Gasteiger partial charge < -0.3 is 5.32 Å². The second-order valence-corrected chi connectivity index (χ2v) is 1.80. The van der Waals surface area contributed by atoms with Crippen LogP contribution in [0.4, 0.5) is 8.78 Å². The third kappa shape index (κ3) is 1.09. The molecule has 1 unspecified atom stereocenters. The largest absolute Gasteiger partial charge is 0.389 e. The van der Waals surface area contributed by atoms with Gasteiger partial charge in [0.05, 0.1) is 5.70 Å². The Bertz CT molecular complexity index is 172. The molecule has 50 valence electrons. The van der Waals surface area contributed by atoms with Gasteiger partial charge >= 0.3 is 0 Å². The summed E-state index contributed by atoms with van der Waals surface area (Å²) in [7, 11) is 1.56. The molecule has 0 fully saturated rings. The van der Waals surface area contributed by atoms with Crippen LogP contribution in [0.1, 0.15) is 0 Å². The van der Waals surface area contributed by atoms with Crippen molar-refractivity contribution in [2.45, 2.75) is 6.17 Å². The minimum atomic E-state index is -1.28. The highest BCUT2D eigenvalue weighted by molar-refractivity contribution is 5.31. The summed E-state index contributed by atoms with van der Waals surface area (Å²) in [4.78, 5) is 0. The Hall–Kier alpha value is -0.860. The van der Waals surface area contributed by atoms with Crippen LogP contribution in [0, 0.1) is 0 Å². The van der Waals surface area contributed by atoms with Gasteiger partial charge in [-0.15, -0.1) is 0 Å². The highest BCUT2D eigenvalue weighted by Crippen LogP contribution is 2.18. The van der Waals surface area contributed by atoms with Gasteiger partial charge in [-0.05, 0) is 12.2 Å². The molecule has 1 nitrogen and oxygen atoms in total. The molecule has 0 saturated carbocycles. The number of nitrogens with one attached hydrogen (secondary N) is 1. The average Bonchev–Trinajstić information content (AvgIpc) is 2.10. The maximum Gasteiger partial charge on any atom is 0.161 e. The van der Waals surface area contributed by atoms with Gasteiger partial charge in [0.1, 0.15) is 5.83 Å². The first-order valence-corrected chi connectivity index (χ1v) is 2.65. The van der Waals surface area contributed by atoms with Crippen molar-refractivity contribution in [1.82, 2.24) is 5.32 Å². The number of hydrogen-bond acceptors (Lipinski definition) is 1. The normalized spacial score (nSPS) is 25.4. The van der Waals surface area contributed by atoms with Crippen LogP contribution in [0.15, 0.2) is 23.7 Å². The number of hydrogen-bond donors (Lipinski definition) is 1. The van der Waals surface area contributed by atoms with Crippen molar-refractivity contribution in [3.05, 3.63) is 23.7 Å². The first kappa shape index (κ1) is 6.26. The van der Waals surface area contributed by atoms with E-state index in [2.05, 4.69) is 5.32 Å². The van der Waals surface area contributed by atoms with E-state index in [4.69, 9.17) is 0 Å². The molecule has 0 aromatic heterocycles. The number of allylic oxidation sites excluding steroid dienone is 3. The van der Waals surface area contributed by atoms with Gasteiger partial charge in [-0.25, -0.2) is 8.78 Å². The molecule has 0 aromatic carbocycles. The van der Waals surface area contributed by atoms with Crippen LogP contribution >= 0.6 is 0 Å². The first-order valence-electron chi connectivity index (χ1n) is 2.65. The van der Waals surface area contributed by atoms with Gasteiger partial charge in [0.2, 0.25) is 0 Å². The summed E-state index contributed by atoms with van der Waals surface area (Å²) in [6.07, 6.45) is 0.784. The van der Waals surface area contributed by atoms with E-state index in [0.717, 1.165) is 12.2 Å². The van der Waals surface area contributed by atoms with Gasteiger partial charge in [-0.3, -0.25) is 0 Å². The fourth-order valence-corrected chi connectivity index (χ4v) is 0.716. The van der Waals surface area contributed by atoms with E-state index >= 15 is 0 Å². The van der Waals surface area contributed by atoms with Gasteiger partial charge in [0, 0.05) is 7.05 Å². The molecule has 0 aliphatic heterocycles. The molecule has 1 N–H and O–H groups in total. The third-order valence-electron chi connectivity index (χ3n) is 1.18. The lowest BCUT2D eigenvalue weighted by Crippen LogP contribution is -2.12. The molecule has 3 heteroatoms. The molecule has 1 aliphatic rings. The zero-order valence-electron chi connectivity index (χ0n) is 4.99. The summed E-state index contributed by atoms with van der Waals surface area (Å²) >= 11 is 0. The number of alkyl halides is 1. The second-order valence-electron chi connectivity index (χ2n) is 1.80. The van der Waals surface area contributed by atoms with Gasteiger partial charge in [0.15, 0.2) is 6.17 Å². The quantitative estimate of drug-likeness (QED) is 0.565. The van der Waals surface area contributed by atoms with Gasteiger partial charge in [-0.2, -0.15) is 0 Å². The van der Waals surface area contributed by atoms with Crippen molar-refractivity contribution in [3.8, 4) is 0 Å². The Morgan fingerprint density at radius 3 is 2.56 bits per heavy atom. The standard InChI is InChI=1S/C6H7F2N/c1-9-6-3-4(7)2-5(6)8/h2-3,5,9H,1H3. The van der Waals surface area contributed by atoms with Gasteiger partial charge in [0.25, 0.3) is 0 Å². The molecule has 0 radical (unpaired) electrons. The third-order valence-corrected chi connectivity index (χ3v) is 1.18. The summed E-state index contributed by atoms with van der Waals surface area (Å²) < 4.78 is 24.5. The first-order chi connectivity index (χ1) is 4.24. The zero-order chi connectivity index (χ0) is 6.85. The molecule has 0 bridgehead atoms. The van der Waals surface area contributed by atoms with E-state index in [9.17, 15) is 8.78 Å². The van der Waals surface area contributed by atoms with Crippen LogP contribution in [0.5, 0.6) is 0 Å². The van der Waals surface area contributed by atoms with Crippen molar-refractivity contribution in [3.63, 3.8) is 0 Å².